The number of hydrogen-bond acceptors (Lipinski definition) is 6. The Morgan fingerprint density at radius 2 is 2.12 bits per heavy atom. The number of benzene rings is 1. The van der Waals surface area contributed by atoms with Gasteiger partial charge in [-0.25, -0.2) is 0 Å². The van der Waals surface area contributed by atoms with E-state index in [4.69, 9.17) is 10.2 Å². The van der Waals surface area contributed by atoms with Crippen LogP contribution in [0, 0.1) is 11.8 Å². The summed E-state index contributed by atoms with van der Waals surface area (Å²) in [5.41, 5.74) is 1.64. The first kappa shape index (κ1) is 17.7. The van der Waals surface area contributed by atoms with Crippen molar-refractivity contribution in [2.45, 2.75) is 18.1 Å². The zero-order valence-corrected chi connectivity index (χ0v) is 13.4. The van der Waals surface area contributed by atoms with Crippen molar-refractivity contribution in [1.82, 2.24) is 5.32 Å². The fraction of sp³-hybridized carbons (Fsp3) is 0.250. The lowest BCUT2D eigenvalue weighted by Crippen LogP contribution is -2.26. The molecule has 24 heavy (non-hydrogen) atoms. The van der Waals surface area contributed by atoms with Crippen LogP contribution in [0.2, 0.25) is 0 Å². The lowest BCUT2D eigenvalue weighted by atomic mass is 10.1. The Morgan fingerprint density at radius 1 is 1.38 bits per heavy atom. The average molecular weight is 345 g/mol. The number of nitrogens with zero attached hydrogens (tertiary/aromatic N) is 2. The second kappa shape index (κ2) is 8.86. The van der Waals surface area contributed by atoms with Gasteiger partial charge in [0, 0.05) is 12.0 Å². The number of aliphatic hydroxyl groups is 1. The predicted octanol–water partition coefficient (Wildman–Crippen LogP) is 0.817. The molecule has 1 atom stereocenters. The third-order valence-electron chi connectivity index (χ3n) is 2.87. The van der Waals surface area contributed by atoms with Gasteiger partial charge in [-0.15, -0.1) is 5.10 Å². The molecule has 1 heterocycles. The van der Waals surface area contributed by atoms with Crippen LogP contribution in [0.5, 0.6) is 0 Å². The van der Waals surface area contributed by atoms with E-state index in [1.807, 2.05) is 24.3 Å². The van der Waals surface area contributed by atoms with Gasteiger partial charge in [-0.3, -0.25) is 9.59 Å². The molecule has 1 aliphatic rings. The van der Waals surface area contributed by atoms with Crippen LogP contribution < -0.4 is 5.32 Å². The first-order valence-corrected chi connectivity index (χ1v) is 7.96. The Morgan fingerprint density at radius 3 is 2.79 bits per heavy atom. The topological polar surface area (TPSA) is 111 Å². The summed E-state index contributed by atoms with van der Waals surface area (Å²) in [7, 11) is 0. The molecule has 0 radical (unpaired) electrons. The van der Waals surface area contributed by atoms with Gasteiger partial charge in [0.15, 0.2) is 5.17 Å². The third kappa shape index (κ3) is 5.53. The number of carbonyl (C=O) groups is 2. The fourth-order valence-electron chi connectivity index (χ4n) is 1.77. The van der Waals surface area contributed by atoms with Crippen molar-refractivity contribution >= 4 is 35.0 Å². The number of carbonyl (C=O) groups excluding carboxylic acids is 1. The maximum absolute atomic E-state index is 11.5. The van der Waals surface area contributed by atoms with E-state index in [0.29, 0.717) is 6.42 Å². The van der Waals surface area contributed by atoms with Crippen LogP contribution in [0.1, 0.15) is 24.0 Å². The van der Waals surface area contributed by atoms with E-state index >= 15 is 0 Å². The number of aliphatic carboxylic acids is 1. The van der Waals surface area contributed by atoms with E-state index < -0.39 is 11.2 Å². The zero-order chi connectivity index (χ0) is 17.4. The Labute approximate surface area is 142 Å². The second-order valence-electron chi connectivity index (χ2n) is 4.74. The van der Waals surface area contributed by atoms with Crippen molar-refractivity contribution in [3.05, 3.63) is 35.4 Å². The van der Waals surface area contributed by atoms with Gasteiger partial charge < -0.3 is 15.5 Å². The summed E-state index contributed by atoms with van der Waals surface area (Å²) >= 11 is 1.05. The van der Waals surface area contributed by atoms with Gasteiger partial charge >= 0.3 is 5.97 Å². The highest BCUT2D eigenvalue weighted by Crippen LogP contribution is 2.22. The fourth-order valence-corrected chi connectivity index (χ4v) is 2.68. The largest absolute Gasteiger partial charge is 0.481 e. The molecule has 0 aromatic heterocycles. The molecule has 8 heteroatoms. The first-order valence-electron chi connectivity index (χ1n) is 7.08. The molecule has 1 aliphatic heterocycles. The molecule has 1 amide bonds. The summed E-state index contributed by atoms with van der Waals surface area (Å²) < 4.78 is 0. The summed E-state index contributed by atoms with van der Waals surface area (Å²) in [5, 5.41) is 27.2. The number of rotatable bonds is 5. The maximum atomic E-state index is 11.5. The van der Waals surface area contributed by atoms with Gasteiger partial charge in [-0.1, -0.05) is 35.7 Å². The van der Waals surface area contributed by atoms with Crippen molar-refractivity contribution in [2.75, 3.05) is 6.61 Å². The quantitative estimate of drug-likeness (QED) is 0.415. The molecule has 1 aromatic rings. The van der Waals surface area contributed by atoms with Crippen LogP contribution in [0.4, 0.5) is 0 Å². The molecule has 0 spiro atoms. The third-order valence-corrected chi connectivity index (χ3v) is 3.94. The normalized spacial score (nSPS) is 18.5. The molecular formula is C16H15N3O4S. The lowest BCUT2D eigenvalue weighted by molar-refractivity contribution is -0.138. The average Bonchev–Trinajstić information content (AvgIpc) is 2.88. The summed E-state index contributed by atoms with van der Waals surface area (Å²) in [5.74, 6) is 4.34. The molecule has 0 aliphatic carbocycles. The van der Waals surface area contributed by atoms with Crippen LogP contribution >= 0.6 is 11.8 Å². The number of thioether (sulfide) groups is 1. The predicted molar refractivity (Wildman–Crippen MR) is 91.8 cm³/mol. The van der Waals surface area contributed by atoms with Gasteiger partial charge in [0.1, 0.15) is 5.25 Å². The molecule has 0 saturated carbocycles. The number of amides is 1. The van der Waals surface area contributed by atoms with Crippen LogP contribution in [-0.4, -0.2) is 45.3 Å². The Bertz CT molecular complexity index is 732. The van der Waals surface area contributed by atoms with Gasteiger partial charge in [-0.05, 0) is 17.7 Å². The number of carboxylic acids is 1. The standard InChI is InChI=1S/C16H15N3O4S/c20-8-2-1-3-11-4-6-12(7-5-11)10-17-19-16-18-15(23)13(24-16)9-14(21)22/h4-7,10,13,20H,2,8-9H2,(H,21,22)(H,18,19,23). The highest BCUT2D eigenvalue weighted by molar-refractivity contribution is 8.15. The van der Waals surface area contributed by atoms with Crippen LogP contribution in [0.3, 0.4) is 0 Å². The number of hydrogen-bond donors (Lipinski definition) is 3. The summed E-state index contributed by atoms with van der Waals surface area (Å²) in [6.07, 6.45) is 1.71. The minimum absolute atomic E-state index is 0.0416. The van der Waals surface area contributed by atoms with Gasteiger partial charge in [0.2, 0.25) is 5.91 Å². The monoisotopic (exact) mass is 345 g/mol. The smallest absolute Gasteiger partial charge is 0.305 e. The lowest BCUT2D eigenvalue weighted by Gasteiger charge is -1.97. The summed E-state index contributed by atoms with van der Waals surface area (Å²) in [4.78, 5) is 22.2. The molecule has 1 aromatic carbocycles. The summed E-state index contributed by atoms with van der Waals surface area (Å²) in [6, 6.07) is 7.29. The number of aliphatic hydroxyl groups excluding tert-OH is 1. The van der Waals surface area contributed by atoms with Crippen molar-refractivity contribution in [3.8, 4) is 11.8 Å². The second-order valence-corrected chi connectivity index (χ2v) is 5.93. The van der Waals surface area contributed by atoms with Crippen LogP contribution in [0.15, 0.2) is 34.5 Å². The molecule has 1 fully saturated rings. The molecule has 2 rings (SSSR count). The van der Waals surface area contributed by atoms with Crippen molar-refractivity contribution in [2.24, 2.45) is 10.2 Å². The van der Waals surface area contributed by atoms with Gasteiger partial charge in [-0.2, -0.15) is 5.10 Å². The van der Waals surface area contributed by atoms with Crippen molar-refractivity contribution in [1.29, 1.82) is 0 Å². The number of nitrogens with one attached hydrogen (secondary N) is 1. The summed E-state index contributed by atoms with van der Waals surface area (Å²) in [6.45, 7) is 0.0416. The van der Waals surface area contributed by atoms with Crippen molar-refractivity contribution in [3.63, 3.8) is 0 Å². The molecule has 124 valence electrons. The Kier molecular flexibility index (Phi) is 6.54. The number of carboxylic acid groups (broad SMARTS) is 1. The van der Waals surface area contributed by atoms with Gasteiger partial charge in [0.25, 0.3) is 0 Å². The minimum Gasteiger partial charge on any atom is -0.481 e. The molecule has 7 nitrogen and oxygen atoms in total. The van der Waals surface area contributed by atoms with E-state index in [9.17, 15) is 9.59 Å². The SMILES string of the molecule is O=C(O)CC1SC(=NN=Cc2ccc(C#CCCO)cc2)NC1=O. The Hall–Kier alpha value is -2.63. The maximum Gasteiger partial charge on any atom is 0.305 e. The van der Waals surface area contributed by atoms with E-state index in [0.717, 1.165) is 22.9 Å². The molecule has 1 saturated heterocycles. The van der Waals surface area contributed by atoms with E-state index in [2.05, 4.69) is 27.4 Å². The highest BCUT2D eigenvalue weighted by atomic mass is 32.2. The van der Waals surface area contributed by atoms with E-state index in [1.54, 1.807) is 0 Å². The van der Waals surface area contributed by atoms with Crippen LogP contribution in [0.25, 0.3) is 0 Å². The first-order chi connectivity index (χ1) is 11.6. The highest BCUT2D eigenvalue weighted by Gasteiger charge is 2.32. The Balaban J connectivity index is 1.93. The minimum atomic E-state index is -1.03. The van der Waals surface area contributed by atoms with E-state index in [-0.39, 0.29) is 24.1 Å². The van der Waals surface area contributed by atoms with Crippen molar-refractivity contribution < 1.29 is 19.8 Å². The van der Waals surface area contributed by atoms with Gasteiger partial charge in [0.05, 0.1) is 19.2 Å². The number of amidine groups is 1. The molecule has 3 N–H and O–H groups in total. The molecule has 1 unspecified atom stereocenters. The molecular weight excluding hydrogens is 330 g/mol. The zero-order valence-electron chi connectivity index (χ0n) is 12.6. The van der Waals surface area contributed by atoms with E-state index in [1.165, 1.54) is 6.21 Å². The van der Waals surface area contributed by atoms with Crippen LogP contribution in [-0.2, 0) is 9.59 Å². The molecule has 0 bridgehead atoms.